The Morgan fingerprint density at radius 3 is 2.56 bits per heavy atom. The van der Waals surface area contributed by atoms with Crippen LogP contribution < -0.4 is 4.72 Å². The van der Waals surface area contributed by atoms with E-state index in [1.165, 1.54) is 12.1 Å². The first-order chi connectivity index (χ1) is 7.36. The number of thiophene rings is 1. The molecule has 1 heterocycles. The van der Waals surface area contributed by atoms with Crippen molar-refractivity contribution in [3.8, 4) is 0 Å². The molecule has 1 aromatic rings. The molecular weight excluding hydrogens is 293 g/mol. The van der Waals surface area contributed by atoms with Gasteiger partial charge in [0.25, 0.3) is 15.9 Å². The predicted octanol–water partition coefficient (Wildman–Crippen LogP) is 2.44. The van der Waals surface area contributed by atoms with Crippen LogP contribution in [0.4, 0.5) is 0 Å². The fourth-order valence-corrected chi connectivity index (χ4v) is 3.65. The summed E-state index contributed by atoms with van der Waals surface area (Å²) >= 11 is 12.0. The van der Waals surface area contributed by atoms with Crippen LogP contribution in [0.15, 0.2) is 22.4 Å². The molecule has 16 heavy (non-hydrogen) atoms. The highest BCUT2D eigenvalue weighted by atomic mass is 35.5. The minimum Gasteiger partial charge on any atom is -0.269 e. The SMILES string of the molecule is CC=CC(=O)NS(=O)(=O)c1cc(Cl)c(Cl)s1. The fraction of sp³-hybridized carbons (Fsp3) is 0.125. The third-order valence-electron chi connectivity index (χ3n) is 1.44. The second-order valence-corrected chi connectivity index (χ2v) is 6.63. The summed E-state index contributed by atoms with van der Waals surface area (Å²) in [4.78, 5) is 11.1. The van der Waals surface area contributed by atoms with Gasteiger partial charge in [0.2, 0.25) is 0 Å². The Balaban J connectivity index is 2.99. The molecule has 1 rings (SSSR count). The van der Waals surface area contributed by atoms with E-state index in [0.29, 0.717) is 0 Å². The van der Waals surface area contributed by atoms with Gasteiger partial charge in [-0.1, -0.05) is 29.3 Å². The average molecular weight is 300 g/mol. The lowest BCUT2D eigenvalue weighted by Gasteiger charge is -2.00. The van der Waals surface area contributed by atoms with Crippen LogP contribution >= 0.6 is 34.5 Å². The third kappa shape index (κ3) is 3.21. The quantitative estimate of drug-likeness (QED) is 0.872. The molecule has 1 amide bonds. The number of allylic oxidation sites excluding steroid dienone is 1. The van der Waals surface area contributed by atoms with E-state index in [9.17, 15) is 13.2 Å². The first-order valence-corrected chi connectivity index (χ1v) is 7.06. The van der Waals surface area contributed by atoms with Crippen LogP contribution in [0.2, 0.25) is 9.36 Å². The largest absolute Gasteiger partial charge is 0.273 e. The van der Waals surface area contributed by atoms with Gasteiger partial charge < -0.3 is 0 Å². The number of nitrogens with one attached hydrogen (secondary N) is 1. The Bertz CT molecular complexity index is 514. The number of halogens is 2. The monoisotopic (exact) mass is 299 g/mol. The van der Waals surface area contributed by atoms with Crippen molar-refractivity contribution in [3.05, 3.63) is 27.6 Å². The average Bonchev–Trinajstić information content (AvgIpc) is 2.47. The van der Waals surface area contributed by atoms with E-state index in [1.807, 2.05) is 4.72 Å². The zero-order chi connectivity index (χ0) is 12.3. The van der Waals surface area contributed by atoms with Gasteiger partial charge in [0.15, 0.2) is 0 Å². The number of carbonyl (C=O) groups excluding carboxylic acids is 1. The second-order valence-electron chi connectivity index (χ2n) is 2.66. The van der Waals surface area contributed by atoms with Crippen LogP contribution in [-0.4, -0.2) is 14.3 Å². The summed E-state index contributed by atoms with van der Waals surface area (Å²) in [7, 11) is -3.88. The summed E-state index contributed by atoms with van der Waals surface area (Å²) in [6, 6.07) is 1.19. The molecule has 0 aliphatic carbocycles. The standard InChI is InChI=1S/C8H7Cl2NO3S2/c1-2-3-6(12)11-16(13,14)7-4-5(9)8(10)15-7/h2-4H,1H3,(H,11,12). The molecule has 4 nitrogen and oxygen atoms in total. The van der Waals surface area contributed by atoms with Crippen LogP contribution in [-0.2, 0) is 14.8 Å². The molecule has 0 spiro atoms. The lowest BCUT2D eigenvalue weighted by Crippen LogP contribution is -2.28. The van der Waals surface area contributed by atoms with Gasteiger partial charge in [-0.3, -0.25) is 4.79 Å². The maximum atomic E-state index is 11.6. The molecule has 8 heteroatoms. The van der Waals surface area contributed by atoms with E-state index >= 15 is 0 Å². The van der Waals surface area contributed by atoms with E-state index in [1.54, 1.807) is 6.92 Å². The number of carbonyl (C=O) groups is 1. The van der Waals surface area contributed by atoms with Gasteiger partial charge in [-0.25, -0.2) is 13.1 Å². The van der Waals surface area contributed by atoms with Crippen molar-refractivity contribution in [2.45, 2.75) is 11.1 Å². The highest BCUT2D eigenvalue weighted by Gasteiger charge is 2.20. The van der Waals surface area contributed by atoms with Crippen LogP contribution in [0.1, 0.15) is 6.92 Å². The number of sulfonamides is 1. The molecule has 0 saturated carbocycles. The smallest absolute Gasteiger partial charge is 0.269 e. The molecule has 0 unspecified atom stereocenters. The van der Waals surface area contributed by atoms with Gasteiger partial charge in [0, 0.05) is 0 Å². The Kier molecular flexibility index (Phi) is 4.37. The first kappa shape index (κ1) is 13.5. The van der Waals surface area contributed by atoms with Gasteiger partial charge in [0.1, 0.15) is 8.55 Å². The number of hydrogen-bond acceptors (Lipinski definition) is 4. The van der Waals surface area contributed by atoms with E-state index < -0.39 is 15.9 Å². The number of hydrogen-bond donors (Lipinski definition) is 1. The minimum absolute atomic E-state index is 0.0969. The van der Waals surface area contributed by atoms with E-state index in [4.69, 9.17) is 23.2 Å². The molecule has 88 valence electrons. The molecule has 1 aromatic heterocycles. The Morgan fingerprint density at radius 2 is 2.12 bits per heavy atom. The van der Waals surface area contributed by atoms with Crippen molar-refractivity contribution >= 4 is 50.5 Å². The van der Waals surface area contributed by atoms with Crippen molar-refractivity contribution in [1.82, 2.24) is 4.72 Å². The summed E-state index contributed by atoms with van der Waals surface area (Å²) in [6.07, 6.45) is 2.54. The molecule has 0 bridgehead atoms. The van der Waals surface area contributed by atoms with Crippen molar-refractivity contribution in [1.29, 1.82) is 0 Å². The molecule has 0 radical (unpaired) electrons. The topological polar surface area (TPSA) is 63.2 Å². The molecule has 0 saturated heterocycles. The maximum Gasteiger partial charge on any atom is 0.273 e. The van der Waals surface area contributed by atoms with Crippen LogP contribution in [0.5, 0.6) is 0 Å². The lowest BCUT2D eigenvalue weighted by atomic mass is 10.5. The molecule has 0 aliphatic heterocycles. The van der Waals surface area contributed by atoms with E-state index in [-0.39, 0.29) is 13.6 Å². The zero-order valence-corrected chi connectivity index (χ0v) is 11.2. The van der Waals surface area contributed by atoms with Gasteiger partial charge >= 0.3 is 0 Å². The summed E-state index contributed by atoms with van der Waals surface area (Å²) in [5, 5.41) is 0.144. The Labute approximate surface area is 107 Å². The van der Waals surface area contributed by atoms with Gasteiger partial charge in [0.05, 0.1) is 5.02 Å². The van der Waals surface area contributed by atoms with Crippen LogP contribution in [0, 0.1) is 0 Å². The second kappa shape index (κ2) is 5.18. The molecule has 0 aromatic carbocycles. The Hall–Kier alpha value is -0.560. The van der Waals surface area contributed by atoms with Crippen molar-refractivity contribution < 1.29 is 13.2 Å². The van der Waals surface area contributed by atoms with Gasteiger partial charge in [-0.15, -0.1) is 11.3 Å². The molecule has 1 N–H and O–H groups in total. The minimum atomic E-state index is -3.88. The summed E-state index contributed by atoms with van der Waals surface area (Å²) < 4.78 is 25.1. The maximum absolute atomic E-state index is 11.6. The zero-order valence-electron chi connectivity index (χ0n) is 8.03. The van der Waals surface area contributed by atoms with Gasteiger partial charge in [-0.2, -0.15) is 0 Å². The Morgan fingerprint density at radius 1 is 1.50 bits per heavy atom. The van der Waals surface area contributed by atoms with Crippen molar-refractivity contribution in [2.24, 2.45) is 0 Å². The number of amides is 1. The fourth-order valence-electron chi connectivity index (χ4n) is 0.827. The summed E-state index contributed by atoms with van der Waals surface area (Å²) in [5.74, 6) is -0.719. The van der Waals surface area contributed by atoms with Gasteiger partial charge in [-0.05, 0) is 19.1 Å². The first-order valence-electron chi connectivity index (χ1n) is 4.01. The number of rotatable bonds is 3. The van der Waals surface area contributed by atoms with Crippen molar-refractivity contribution in [3.63, 3.8) is 0 Å². The third-order valence-corrected chi connectivity index (χ3v) is 5.13. The molecule has 0 atom stereocenters. The van der Waals surface area contributed by atoms with E-state index in [0.717, 1.165) is 17.4 Å². The van der Waals surface area contributed by atoms with Crippen LogP contribution in [0.3, 0.4) is 0 Å². The molecule has 0 aliphatic rings. The normalized spacial score (nSPS) is 11.9. The molecular formula is C8H7Cl2NO3S2. The highest BCUT2D eigenvalue weighted by molar-refractivity contribution is 7.92. The lowest BCUT2D eigenvalue weighted by molar-refractivity contribution is -0.114. The van der Waals surface area contributed by atoms with Crippen LogP contribution in [0.25, 0.3) is 0 Å². The van der Waals surface area contributed by atoms with Crippen molar-refractivity contribution in [2.75, 3.05) is 0 Å². The summed E-state index contributed by atoms with van der Waals surface area (Å²) in [5.41, 5.74) is 0. The van der Waals surface area contributed by atoms with E-state index in [2.05, 4.69) is 0 Å². The summed E-state index contributed by atoms with van der Waals surface area (Å²) in [6.45, 7) is 1.60. The molecule has 0 fully saturated rings. The predicted molar refractivity (Wildman–Crippen MR) is 64.5 cm³/mol. The highest BCUT2D eigenvalue weighted by Crippen LogP contribution is 2.33.